The van der Waals surface area contributed by atoms with Crippen LogP contribution in [0.5, 0.6) is 0 Å². The van der Waals surface area contributed by atoms with Gasteiger partial charge in [-0.05, 0) is 38.1 Å². The number of aryl methyl sites for hydroxylation is 1. The van der Waals surface area contributed by atoms with E-state index in [1.165, 1.54) is 19.3 Å². The van der Waals surface area contributed by atoms with Crippen molar-refractivity contribution in [2.24, 2.45) is 5.41 Å². The van der Waals surface area contributed by atoms with Crippen LogP contribution in [-0.4, -0.2) is 27.9 Å². The monoisotopic (exact) mass is 252 g/mol. The van der Waals surface area contributed by atoms with Gasteiger partial charge in [0.05, 0.1) is 0 Å². The van der Waals surface area contributed by atoms with Gasteiger partial charge >= 0.3 is 0 Å². The second-order valence-corrected chi connectivity index (χ2v) is 5.05. The summed E-state index contributed by atoms with van der Waals surface area (Å²) in [7, 11) is 0. The van der Waals surface area contributed by atoms with Crippen molar-refractivity contribution in [1.82, 2.24) is 20.1 Å². The second kappa shape index (κ2) is 7.52. The summed E-state index contributed by atoms with van der Waals surface area (Å²) in [6, 6.07) is 0. The first-order valence-corrected chi connectivity index (χ1v) is 7.28. The topological polar surface area (TPSA) is 42.7 Å². The van der Waals surface area contributed by atoms with E-state index < -0.39 is 0 Å². The van der Waals surface area contributed by atoms with Gasteiger partial charge in [-0.2, -0.15) is 5.10 Å². The lowest BCUT2D eigenvalue weighted by Gasteiger charge is -2.31. The Morgan fingerprint density at radius 3 is 2.50 bits per heavy atom. The van der Waals surface area contributed by atoms with Crippen LogP contribution in [0.15, 0.2) is 6.33 Å². The largest absolute Gasteiger partial charge is 0.316 e. The van der Waals surface area contributed by atoms with E-state index in [1.807, 2.05) is 4.68 Å². The minimum atomic E-state index is 0.315. The Bertz CT molecular complexity index is 328. The first-order valence-electron chi connectivity index (χ1n) is 7.28. The molecule has 104 valence electrons. The zero-order chi connectivity index (χ0) is 13.4. The zero-order valence-electron chi connectivity index (χ0n) is 12.4. The van der Waals surface area contributed by atoms with Crippen molar-refractivity contribution < 1.29 is 0 Å². The molecule has 0 unspecified atom stereocenters. The zero-order valence-corrected chi connectivity index (χ0v) is 12.4. The average molecular weight is 252 g/mol. The molecule has 0 amide bonds. The minimum Gasteiger partial charge on any atom is -0.316 e. The molecule has 1 rings (SSSR count). The van der Waals surface area contributed by atoms with E-state index in [2.05, 4.69) is 43.1 Å². The van der Waals surface area contributed by atoms with Crippen LogP contribution in [0.3, 0.4) is 0 Å². The van der Waals surface area contributed by atoms with Gasteiger partial charge in [-0.1, -0.05) is 20.8 Å². The van der Waals surface area contributed by atoms with E-state index in [0.717, 1.165) is 31.9 Å². The lowest BCUT2D eigenvalue weighted by molar-refractivity contribution is 0.238. The lowest BCUT2D eigenvalue weighted by atomic mass is 9.78. The first kappa shape index (κ1) is 15.2. The van der Waals surface area contributed by atoms with Gasteiger partial charge in [0.15, 0.2) is 0 Å². The Balaban J connectivity index is 2.72. The Labute approximate surface area is 111 Å². The van der Waals surface area contributed by atoms with E-state index in [0.29, 0.717) is 5.41 Å². The van der Waals surface area contributed by atoms with Crippen LogP contribution in [0.4, 0.5) is 0 Å². The van der Waals surface area contributed by atoms with Crippen molar-refractivity contribution in [2.45, 2.75) is 59.9 Å². The van der Waals surface area contributed by atoms with Gasteiger partial charge in [0.25, 0.3) is 0 Å². The minimum absolute atomic E-state index is 0.315. The summed E-state index contributed by atoms with van der Waals surface area (Å²) in [5, 5.41) is 7.84. The highest BCUT2D eigenvalue weighted by atomic mass is 15.3. The fraction of sp³-hybridized carbons (Fsp3) is 0.857. The van der Waals surface area contributed by atoms with Crippen LogP contribution in [0.25, 0.3) is 0 Å². The fourth-order valence-electron chi connectivity index (χ4n) is 2.37. The molecular weight excluding hydrogens is 224 g/mol. The molecule has 0 aliphatic heterocycles. The molecule has 18 heavy (non-hydrogen) atoms. The van der Waals surface area contributed by atoms with Gasteiger partial charge in [0, 0.05) is 19.5 Å². The van der Waals surface area contributed by atoms with E-state index in [1.54, 1.807) is 6.33 Å². The summed E-state index contributed by atoms with van der Waals surface area (Å²) in [5.41, 5.74) is 0.315. The number of nitrogens with zero attached hydrogens (tertiary/aromatic N) is 3. The molecule has 4 nitrogen and oxygen atoms in total. The molecular formula is C14H28N4. The van der Waals surface area contributed by atoms with Crippen molar-refractivity contribution >= 4 is 0 Å². The molecule has 0 aliphatic rings. The lowest BCUT2D eigenvalue weighted by Crippen LogP contribution is -2.36. The van der Waals surface area contributed by atoms with Crippen molar-refractivity contribution in [3.05, 3.63) is 12.2 Å². The molecule has 0 atom stereocenters. The van der Waals surface area contributed by atoms with Gasteiger partial charge in [0.1, 0.15) is 12.2 Å². The molecule has 0 saturated carbocycles. The van der Waals surface area contributed by atoms with Crippen molar-refractivity contribution in [1.29, 1.82) is 0 Å². The van der Waals surface area contributed by atoms with Crippen LogP contribution in [0.2, 0.25) is 0 Å². The van der Waals surface area contributed by atoms with Gasteiger partial charge in [-0.25, -0.2) is 4.98 Å². The van der Waals surface area contributed by atoms with Gasteiger partial charge in [0.2, 0.25) is 0 Å². The van der Waals surface area contributed by atoms with Crippen LogP contribution >= 0.6 is 0 Å². The van der Waals surface area contributed by atoms with Gasteiger partial charge in [-0.15, -0.1) is 0 Å². The summed E-state index contributed by atoms with van der Waals surface area (Å²) in [4.78, 5) is 4.42. The third-order valence-electron chi connectivity index (χ3n) is 3.96. The number of hydrogen-bond acceptors (Lipinski definition) is 3. The Hall–Kier alpha value is -0.900. The summed E-state index contributed by atoms with van der Waals surface area (Å²) < 4.78 is 2.01. The van der Waals surface area contributed by atoms with E-state index >= 15 is 0 Å². The highest BCUT2D eigenvalue weighted by Gasteiger charge is 2.28. The molecule has 1 heterocycles. The molecule has 0 radical (unpaired) electrons. The Morgan fingerprint density at radius 2 is 1.94 bits per heavy atom. The maximum Gasteiger partial charge on any atom is 0.138 e. The first-order chi connectivity index (χ1) is 8.71. The predicted molar refractivity (Wildman–Crippen MR) is 75.6 cm³/mol. The molecule has 4 heteroatoms. The second-order valence-electron chi connectivity index (χ2n) is 5.05. The fourth-order valence-corrected chi connectivity index (χ4v) is 2.37. The molecule has 0 fully saturated rings. The van der Waals surface area contributed by atoms with Gasteiger partial charge in [-0.3, -0.25) is 4.68 Å². The van der Waals surface area contributed by atoms with Crippen LogP contribution in [0.1, 0.15) is 52.8 Å². The Morgan fingerprint density at radius 1 is 1.22 bits per heavy atom. The normalized spacial score (nSPS) is 12.0. The smallest absolute Gasteiger partial charge is 0.138 e. The van der Waals surface area contributed by atoms with Crippen LogP contribution in [0, 0.1) is 5.41 Å². The molecule has 1 aromatic rings. The summed E-state index contributed by atoms with van der Waals surface area (Å²) >= 11 is 0. The summed E-state index contributed by atoms with van der Waals surface area (Å²) in [6.07, 6.45) is 6.24. The van der Waals surface area contributed by atoms with E-state index in [9.17, 15) is 0 Å². The molecule has 0 aromatic carbocycles. The van der Waals surface area contributed by atoms with Crippen molar-refractivity contribution in [3.63, 3.8) is 0 Å². The number of nitrogens with one attached hydrogen (secondary N) is 1. The molecule has 0 saturated heterocycles. The van der Waals surface area contributed by atoms with Crippen molar-refractivity contribution in [3.8, 4) is 0 Å². The van der Waals surface area contributed by atoms with Crippen LogP contribution < -0.4 is 5.32 Å². The number of aromatic nitrogens is 3. The maximum atomic E-state index is 4.42. The molecule has 1 aromatic heterocycles. The maximum absolute atomic E-state index is 4.42. The molecule has 1 N–H and O–H groups in total. The Kier molecular flexibility index (Phi) is 6.33. The highest BCUT2D eigenvalue weighted by molar-refractivity contribution is 4.94. The third-order valence-corrected chi connectivity index (χ3v) is 3.96. The molecule has 0 bridgehead atoms. The van der Waals surface area contributed by atoms with Gasteiger partial charge < -0.3 is 5.32 Å². The molecule has 0 aliphatic carbocycles. The third kappa shape index (κ3) is 3.80. The van der Waals surface area contributed by atoms with Crippen LogP contribution in [-0.2, 0) is 13.0 Å². The van der Waals surface area contributed by atoms with E-state index in [-0.39, 0.29) is 0 Å². The summed E-state index contributed by atoms with van der Waals surface area (Å²) in [6.45, 7) is 12.0. The number of rotatable bonds is 9. The highest BCUT2D eigenvalue weighted by Crippen LogP contribution is 2.29. The average Bonchev–Trinajstić information content (AvgIpc) is 2.84. The predicted octanol–water partition coefficient (Wildman–Crippen LogP) is 2.65. The van der Waals surface area contributed by atoms with E-state index in [4.69, 9.17) is 0 Å². The molecule has 0 spiro atoms. The standard InChI is InChI=1S/C14H28N4/c1-5-9-15-11-14(6-2,7-3)10-13-16-12-17-18(13)8-4/h12,15H,5-11H2,1-4H3. The quantitative estimate of drug-likeness (QED) is 0.687. The summed E-state index contributed by atoms with van der Waals surface area (Å²) in [5.74, 6) is 1.12. The SMILES string of the molecule is CCCNCC(CC)(CC)Cc1ncnn1CC. The number of hydrogen-bond donors (Lipinski definition) is 1. The van der Waals surface area contributed by atoms with Crippen molar-refractivity contribution in [2.75, 3.05) is 13.1 Å².